The molecular formula is C33H40F2N8O2. The summed E-state index contributed by atoms with van der Waals surface area (Å²) in [5.41, 5.74) is 6.13. The maximum Gasteiger partial charge on any atom is 0.355 e. The third-order valence-corrected chi connectivity index (χ3v) is 7.95. The number of halogens is 2. The van der Waals surface area contributed by atoms with E-state index in [-0.39, 0.29) is 63.6 Å². The monoisotopic (exact) mass is 618 g/mol. The number of hydrogen-bond donors (Lipinski definition) is 1. The summed E-state index contributed by atoms with van der Waals surface area (Å²) in [5, 5.41) is 0.206. The molecule has 2 aromatic heterocycles. The molecule has 2 atom stereocenters. The Morgan fingerprint density at radius 1 is 1.09 bits per heavy atom. The first kappa shape index (κ1) is 33.2. The lowest BCUT2D eigenvalue weighted by molar-refractivity contribution is -0.130. The van der Waals surface area contributed by atoms with Gasteiger partial charge in [-0.1, -0.05) is 40.3 Å². The lowest BCUT2D eigenvalue weighted by Gasteiger charge is -2.44. The van der Waals surface area contributed by atoms with Gasteiger partial charge in [0.05, 0.1) is 28.1 Å². The van der Waals surface area contributed by atoms with Gasteiger partial charge in [-0.05, 0) is 56.7 Å². The Morgan fingerprint density at radius 3 is 2.24 bits per heavy atom. The van der Waals surface area contributed by atoms with Crippen molar-refractivity contribution in [3.63, 3.8) is 0 Å². The first-order valence-corrected chi connectivity index (χ1v) is 14.8. The second-order valence-corrected chi connectivity index (χ2v) is 11.8. The SMILES string of the molecule is C=CC(=O)N1[C@H](C)CN(c2nc(=O)n(C(/C(=N\C)C(C)C)=C(/N=C)C(C)C)c3nc(-c4c(N)cccc4F)c(F)cc23)C[C@@H]1C. The molecule has 1 aromatic carbocycles. The lowest BCUT2D eigenvalue weighted by atomic mass is 9.98. The molecule has 1 aliphatic heterocycles. The van der Waals surface area contributed by atoms with Crippen molar-refractivity contribution >= 4 is 46.6 Å². The number of rotatable bonds is 8. The summed E-state index contributed by atoms with van der Waals surface area (Å²) in [5.74, 6) is -2.00. The van der Waals surface area contributed by atoms with Crippen molar-refractivity contribution in [3.05, 3.63) is 64.7 Å². The number of aromatic nitrogens is 3. The molecule has 0 saturated carbocycles. The van der Waals surface area contributed by atoms with Crippen LogP contribution in [0.5, 0.6) is 0 Å². The van der Waals surface area contributed by atoms with E-state index in [0.717, 1.165) is 0 Å². The Kier molecular flexibility index (Phi) is 9.65. The minimum Gasteiger partial charge on any atom is -0.398 e. The lowest BCUT2D eigenvalue weighted by Crippen LogP contribution is -2.58. The predicted octanol–water partition coefficient (Wildman–Crippen LogP) is 5.18. The fourth-order valence-electron chi connectivity index (χ4n) is 6.08. The molecule has 0 bridgehead atoms. The summed E-state index contributed by atoms with van der Waals surface area (Å²) in [6.07, 6.45) is 1.27. The van der Waals surface area contributed by atoms with Crippen molar-refractivity contribution in [1.82, 2.24) is 19.4 Å². The van der Waals surface area contributed by atoms with Gasteiger partial charge in [-0.3, -0.25) is 14.8 Å². The zero-order valence-electron chi connectivity index (χ0n) is 26.8. The van der Waals surface area contributed by atoms with Gasteiger partial charge < -0.3 is 15.5 Å². The number of piperazine rings is 1. The van der Waals surface area contributed by atoms with Crippen LogP contribution in [-0.4, -0.2) is 70.0 Å². The van der Waals surface area contributed by atoms with Crippen molar-refractivity contribution in [2.45, 2.75) is 53.6 Å². The molecule has 1 fully saturated rings. The highest BCUT2D eigenvalue weighted by atomic mass is 19.1. The first-order chi connectivity index (χ1) is 21.3. The van der Waals surface area contributed by atoms with Gasteiger partial charge in [0.15, 0.2) is 11.5 Å². The summed E-state index contributed by atoms with van der Waals surface area (Å²) in [6, 6.07) is 4.68. The number of anilines is 2. The molecule has 0 spiro atoms. The minimum absolute atomic E-state index is 0.0148. The normalized spacial score (nSPS) is 18.1. The van der Waals surface area contributed by atoms with Gasteiger partial charge >= 0.3 is 5.69 Å². The summed E-state index contributed by atoms with van der Waals surface area (Å²) in [4.78, 5) is 48.2. The Bertz CT molecular complexity index is 1760. The van der Waals surface area contributed by atoms with Crippen LogP contribution in [0.15, 0.2) is 57.4 Å². The molecule has 0 aliphatic carbocycles. The van der Waals surface area contributed by atoms with Crippen LogP contribution in [0.2, 0.25) is 0 Å². The maximum absolute atomic E-state index is 16.1. The molecular weight excluding hydrogens is 578 g/mol. The topological polar surface area (TPSA) is 122 Å². The van der Waals surface area contributed by atoms with Crippen molar-refractivity contribution < 1.29 is 13.6 Å². The molecule has 45 heavy (non-hydrogen) atoms. The van der Waals surface area contributed by atoms with Crippen LogP contribution in [0.4, 0.5) is 20.3 Å². The number of fused-ring (bicyclic) bond motifs is 1. The van der Waals surface area contributed by atoms with E-state index in [1.165, 1.54) is 34.9 Å². The quantitative estimate of drug-likeness (QED) is 0.211. The van der Waals surface area contributed by atoms with E-state index >= 15 is 8.78 Å². The fraction of sp³-hybridized carbons (Fsp3) is 0.394. The Morgan fingerprint density at radius 2 is 1.73 bits per heavy atom. The van der Waals surface area contributed by atoms with Crippen molar-refractivity contribution in [2.75, 3.05) is 30.8 Å². The predicted molar refractivity (Wildman–Crippen MR) is 178 cm³/mol. The van der Waals surface area contributed by atoms with Gasteiger partial charge in [-0.25, -0.2) is 23.1 Å². The van der Waals surface area contributed by atoms with Crippen molar-refractivity contribution in [2.24, 2.45) is 21.8 Å². The standard InChI is InChI=1S/C33H40F2N8O2/c1-10-25(44)42-19(6)15-41(16-20(42)7)31-21-14-23(35)29(26-22(34)12-11-13-24(26)36)39-32(21)43(33(45)40-31)30(27(37-8)17(2)3)28(38-9)18(4)5/h10-14,17-20H,1,8,15-16,36H2,2-7,9H3/b30-27+,38-28-/t19-,20+. The third kappa shape index (κ3) is 6.01. The smallest absolute Gasteiger partial charge is 0.355 e. The summed E-state index contributed by atoms with van der Waals surface area (Å²) in [7, 11) is 1.61. The zero-order valence-corrected chi connectivity index (χ0v) is 26.8. The minimum atomic E-state index is -0.848. The van der Waals surface area contributed by atoms with E-state index < -0.39 is 17.3 Å². The average molecular weight is 619 g/mol. The molecule has 3 aromatic rings. The number of nitrogen functional groups attached to an aromatic ring is 1. The first-order valence-electron chi connectivity index (χ1n) is 14.8. The van der Waals surface area contributed by atoms with Crippen LogP contribution >= 0.6 is 0 Å². The highest BCUT2D eigenvalue weighted by Gasteiger charge is 2.35. The number of nitrogens with zero attached hydrogens (tertiary/aromatic N) is 7. The number of aliphatic imine (C=N–C) groups is 2. The Balaban J connectivity index is 2.16. The molecule has 1 aliphatic rings. The van der Waals surface area contributed by atoms with Gasteiger partial charge in [0.25, 0.3) is 0 Å². The molecule has 2 N–H and O–H groups in total. The largest absolute Gasteiger partial charge is 0.398 e. The van der Waals surface area contributed by atoms with Gasteiger partial charge in [-0.15, -0.1) is 0 Å². The van der Waals surface area contributed by atoms with E-state index in [4.69, 9.17) is 5.73 Å². The van der Waals surface area contributed by atoms with Gasteiger partial charge in [0.2, 0.25) is 5.91 Å². The summed E-state index contributed by atoms with van der Waals surface area (Å²) >= 11 is 0. The van der Waals surface area contributed by atoms with Crippen molar-refractivity contribution in [3.8, 4) is 11.3 Å². The molecule has 1 amide bonds. The molecule has 0 radical (unpaired) electrons. The Labute approximate surface area is 261 Å². The highest BCUT2D eigenvalue weighted by Crippen LogP contribution is 2.36. The number of hydrogen-bond acceptors (Lipinski definition) is 8. The molecule has 12 heteroatoms. The van der Waals surface area contributed by atoms with Crippen LogP contribution in [0.1, 0.15) is 41.5 Å². The van der Waals surface area contributed by atoms with E-state index in [0.29, 0.717) is 30.2 Å². The molecule has 238 valence electrons. The van der Waals surface area contributed by atoms with Crippen LogP contribution in [0.25, 0.3) is 28.0 Å². The fourth-order valence-corrected chi connectivity index (χ4v) is 6.08. The molecule has 4 rings (SSSR count). The Hall–Kier alpha value is -4.74. The van der Waals surface area contributed by atoms with Crippen LogP contribution < -0.4 is 16.3 Å². The zero-order chi connectivity index (χ0) is 33.3. The number of nitrogens with two attached hydrogens (primary N) is 1. The van der Waals surface area contributed by atoms with Gasteiger partial charge in [-0.2, -0.15) is 4.98 Å². The maximum atomic E-state index is 16.1. The molecule has 0 unspecified atom stereocenters. The van der Waals surface area contributed by atoms with Crippen LogP contribution in [0, 0.1) is 23.5 Å². The number of allylic oxidation sites excluding steroid dienone is 2. The van der Waals surface area contributed by atoms with Gasteiger partial charge in [0, 0.05) is 37.9 Å². The highest BCUT2D eigenvalue weighted by molar-refractivity contribution is 6.21. The van der Waals surface area contributed by atoms with Crippen LogP contribution in [0.3, 0.4) is 0 Å². The van der Waals surface area contributed by atoms with Gasteiger partial charge in [0.1, 0.15) is 17.3 Å². The second kappa shape index (κ2) is 13.1. The third-order valence-electron chi connectivity index (χ3n) is 7.95. The second-order valence-electron chi connectivity index (χ2n) is 11.8. The number of carbonyl (C=O) groups is 1. The van der Waals surface area contributed by atoms with E-state index in [1.807, 2.05) is 46.4 Å². The summed E-state index contributed by atoms with van der Waals surface area (Å²) in [6.45, 7) is 19.4. The average Bonchev–Trinajstić information content (AvgIpc) is 2.96. The molecule has 1 saturated heterocycles. The number of amides is 1. The van der Waals surface area contributed by atoms with Crippen LogP contribution in [-0.2, 0) is 4.79 Å². The number of pyridine rings is 1. The van der Waals surface area contributed by atoms with Crippen molar-refractivity contribution in [1.29, 1.82) is 0 Å². The van der Waals surface area contributed by atoms with E-state index in [1.54, 1.807) is 11.9 Å². The number of benzene rings is 1. The van der Waals surface area contributed by atoms with E-state index in [9.17, 15) is 9.59 Å². The molecule has 3 heterocycles. The molecule has 10 nitrogen and oxygen atoms in total. The number of carbonyl (C=O) groups excluding carboxylic acids is 1. The summed E-state index contributed by atoms with van der Waals surface area (Å²) < 4.78 is 32.5. The van der Waals surface area contributed by atoms with E-state index in [2.05, 4.69) is 33.2 Å².